The van der Waals surface area contributed by atoms with E-state index < -0.39 is 5.41 Å². The molecule has 1 aromatic heterocycles. The van der Waals surface area contributed by atoms with Crippen LogP contribution in [0.3, 0.4) is 0 Å². The number of aromatic nitrogens is 1. The van der Waals surface area contributed by atoms with Gasteiger partial charge >= 0.3 is 0 Å². The number of carbonyl (C=O) groups is 1. The average molecular weight is 475 g/mol. The molecule has 172 valence electrons. The Morgan fingerprint density at radius 2 is 1.43 bits per heavy atom. The lowest BCUT2D eigenvalue weighted by Crippen LogP contribution is -2.47. The highest BCUT2D eigenvalue weighted by atomic mass is 32.1. The van der Waals surface area contributed by atoms with Gasteiger partial charge in [0.05, 0.1) is 11.1 Å². The van der Waals surface area contributed by atoms with E-state index in [1.165, 1.54) is 33.2 Å². The SMILES string of the molecule is O=C(Nc1nc(-c2cccc3ccccc23)cs1)C1(C(c2ccccc2)c2ccccc2)CCC1. The topological polar surface area (TPSA) is 42.0 Å². The van der Waals surface area contributed by atoms with Gasteiger partial charge in [0.2, 0.25) is 5.91 Å². The zero-order valence-corrected chi connectivity index (χ0v) is 20.2. The van der Waals surface area contributed by atoms with E-state index in [0.29, 0.717) is 5.13 Å². The van der Waals surface area contributed by atoms with Crippen LogP contribution >= 0.6 is 11.3 Å². The molecule has 5 aromatic rings. The fourth-order valence-corrected chi connectivity index (χ4v) is 6.16. The molecule has 1 N–H and O–H groups in total. The van der Waals surface area contributed by atoms with Gasteiger partial charge in [-0.2, -0.15) is 0 Å². The van der Waals surface area contributed by atoms with E-state index in [1.807, 2.05) is 23.6 Å². The number of nitrogens with one attached hydrogen (secondary N) is 1. The van der Waals surface area contributed by atoms with Crippen molar-refractivity contribution >= 4 is 33.1 Å². The zero-order chi connectivity index (χ0) is 23.7. The summed E-state index contributed by atoms with van der Waals surface area (Å²) in [6.45, 7) is 0. The second kappa shape index (κ2) is 9.12. The quantitative estimate of drug-likeness (QED) is 0.272. The van der Waals surface area contributed by atoms with E-state index in [9.17, 15) is 4.79 Å². The predicted molar refractivity (Wildman–Crippen MR) is 145 cm³/mol. The predicted octanol–water partition coefficient (Wildman–Crippen LogP) is 7.90. The van der Waals surface area contributed by atoms with Crippen LogP contribution in [0.15, 0.2) is 109 Å². The van der Waals surface area contributed by atoms with Crippen LogP contribution in [0.25, 0.3) is 22.0 Å². The monoisotopic (exact) mass is 474 g/mol. The van der Waals surface area contributed by atoms with E-state index in [4.69, 9.17) is 4.98 Å². The summed E-state index contributed by atoms with van der Waals surface area (Å²) in [6, 6.07) is 35.5. The van der Waals surface area contributed by atoms with Crippen molar-refractivity contribution in [1.29, 1.82) is 0 Å². The number of nitrogens with zero attached hydrogens (tertiary/aromatic N) is 1. The Bertz CT molecular complexity index is 1430. The summed E-state index contributed by atoms with van der Waals surface area (Å²) >= 11 is 1.49. The molecule has 1 amide bonds. The molecule has 0 unspecified atom stereocenters. The van der Waals surface area contributed by atoms with Crippen molar-refractivity contribution in [3.8, 4) is 11.3 Å². The van der Waals surface area contributed by atoms with Gasteiger partial charge in [-0.1, -0.05) is 110 Å². The maximum Gasteiger partial charge on any atom is 0.233 e. The molecule has 0 bridgehead atoms. The van der Waals surface area contributed by atoms with Crippen LogP contribution in [-0.2, 0) is 4.79 Å². The van der Waals surface area contributed by atoms with E-state index in [0.717, 1.165) is 30.5 Å². The van der Waals surface area contributed by atoms with Crippen LogP contribution in [0.5, 0.6) is 0 Å². The molecule has 1 aliphatic carbocycles. The lowest BCUT2D eigenvalue weighted by atomic mass is 9.57. The minimum atomic E-state index is -0.478. The molecule has 1 aliphatic rings. The van der Waals surface area contributed by atoms with Gasteiger partial charge in [0.15, 0.2) is 5.13 Å². The molecule has 4 aromatic carbocycles. The van der Waals surface area contributed by atoms with Gasteiger partial charge in [0.25, 0.3) is 0 Å². The van der Waals surface area contributed by atoms with Crippen LogP contribution in [0.2, 0.25) is 0 Å². The Balaban J connectivity index is 1.33. The Kier molecular flexibility index (Phi) is 5.67. The van der Waals surface area contributed by atoms with Crippen molar-refractivity contribution in [2.24, 2.45) is 5.41 Å². The van der Waals surface area contributed by atoms with Crippen LogP contribution in [-0.4, -0.2) is 10.9 Å². The van der Waals surface area contributed by atoms with E-state index >= 15 is 0 Å². The van der Waals surface area contributed by atoms with Gasteiger partial charge < -0.3 is 5.32 Å². The van der Waals surface area contributed by atoms with Crippen molar-refractivity contribution in [3.63, 3.8) is 0 Å². The van der Waals surface area contributed by atoms with E-state index in [1.54, 1.807) is 0 Å². The molecule has 1 heterocycles. The number of carbonyl (C=O) groups excluding carboxylic acids is 1. The molecule has 0 saturated heterocycles. The molecule has 6 rings (SSSR count). The number of hydrogen-bond acceptors (Lipinski definition) is 3. The first-order valence-corrected chi connectivity index (χ1v) is 13.0. The first kappa shape index (κ1) is 21.8. The summed E-state index contributed by atoms with van der Waals surface area (Å²) < 4.78 is 0. The molecular weight excluding hydrogens is 448 g/mol. The molecule has 1 fully saturated rings. The summed E-state index contributed by atoms with van der Waals surface area (Å²) in [4.78, 5) is 18.8. The van der Waals surface area contributed by atoms with Crippen LogP contribution in [0.1, 0.15) is 36.3 Å². The number of fused-ring (bicyclic) bond motifs is 1. The molecule has 0 radical (unpaired) electrons. The minimum absolute atomic E-state index is 0.0103. The maximum atomic E-state index is 13.9. The second-order valence-electron chi connectivity index (χ2n) is 9.28. The Morgan fingerprint density at radius 3 is 2.09 bits per heavy atom. The average Bonchev–Trinajstić information content (AvgIpc) is 3.35. The first-order chi connectivity index (χ1) is 17.2. The molecule has 4 heteroatoms. The number of hydrogen-bond donors (Lipinski definition) is 1. The number of benzene rings is 4. The van der Waals surface area contributed by atoms with Crippen LogP contribution < -0.4 is 5.32 Å². The van der Waals surface area contributed by atoms with E-state index in [-0.39, 0.29) is 11.8 Å². The number of amides is 1. The normalized spacial score (nSPS) is 14.5. The van der Waals surface area contributed by atoms with Gasteiger partial charge in [-0.3, -0.25) is 4.79 Å². The van der Waals surface area contributed by atoms with Crippen molar-refractivity contribution in [3.05, 3.63) is 120 Å². The molecule has 0 aliphatic heterocycles. The number of anilines is 1. The molecule has 1 saturated carbocycles. The number of thiazole rings is 1. The third-order valence-corrected chi connectivity index (χ3v) is 8.06. The third-order valence-electron chi connectivity index (χ3n) is 7.31. The van der Waals surface area contributed by atoms with Gasteiger partial charge in [0, 0.05) is 16.9 Å². The lowest BCUT2D eigenvalue weighted by Gasteiger charge is -2.46. The largest absolute Gasteiger partial charge is 0.301 e. The summed E-state index contributed by atoms with van der Waals surface area (Å²) in [5.41, 5.74) is 3.87. The van der Waals surface area contributed by atoms with Crippen molar-refractivity contribution in [1.82, 2.24) is 4.98 Å². The molecule has 0 atom stereocenters. The van der Waals surface area contributed by atoms with Gasteiger partial charge in [0.1, 0.15) is 0 Å². The Labute approximate surface area is 209 Å². The smallest absolute Gasteiger partial charge is 0.233 e. The standard InChI is InChI=1S/C31H26N2OS/c34-29(33-30-32-27(21-35-30)26-18-9-16-22-11-7-8-17-25(22)26)31(19-10-20-31)28(23-12-3-1-4-13-23)24-14-5-2-6-15-24/h1-9,11-18,21,28H,10,19-20H2,(H,32,33,34). The summed E-state index contributed by atoms with van der Waals surface area (Å²) in [6.07, 6.45) is 2.80. The first-order valence-electron chi connectivity index (χ1n) is 12.1. The van der Waals surface area contributed by atoms with Crippen LogP contribution in [0.4, 0.5) is 5.13 Å². The second-order valence-corrected chi connectivity index (χ2v) is 10.1. The van der Waals surface area contributed by atoms with Crippen molar-refractivity contribution in [2.45, 2.75) is 25.2 Å². The maximum absolute atomic E-state index is 13.9. The third kappa shape index (κ3) is 3.94. The highest BCUT2D eigenvalue weighted by Gasteiger charge is 2.51. The van der Waals surface area contributed by atoms with E-state index in [2.05, 4.69) is 90.2 Å². The van der Waals surface area contributed by atoms with Crippen molar-refractivity contribution < 1.29 is 4.79 Å². The Hall–Kier alpha value is -3.76. The van der Waals surface area contributed by atoms with Crippen LogP contribution in [0, 0.1) is 5.41 Å². The van der Waals surface area contributed by atoms with Gasteiger partial charge in [-0.15, -0.1) is 11.3 Å². The van der Waals surface area contributed by atoms with Gasteiger partial charge in [-0.25, -0.2) is 4.98 Å². The molecular formula is C31H26N2OS. The Morgan fingerprint density at radius 1 is 0.800 bits per heavy atom. The molecule has 3 nitrogen and oxygen atoms in total. The number of rotatable bonds is 6. The summed E-state index contributed by atoms with van der Waals surface area (Å²) in [7, 11) is 0. The lowest BCUT2D eigenvalue weighted by molar-refractivity contribution is -0.131. The van der Waals surface area contributed by atoms with Gasteiger partial charge in [-0.05, 0) is 34.7 Å². The highest BCUT2D eigenvalue weighted by Crippen LogP contribution is 2.55. The van der Waals surface area contributed by atoms with Crippen molar-refractivity contribution in [2.75, 3.05) is 5.32 Å². The fraction of sp³-hybridized carbons (Fsp3) is 0.161. The molecule has 35 heavy (non-hydrogen) atoms. The summed E-state index contributed by atoms with van der Waals surface area (Å²) in [5.74, 6) is 0.0800. The zero-order valence-electron chi connectivity index (χ0n) is 19.4. The fourth-order valence-electron chi connectivity index (χ4n) is 5.45. The molecule has 0 spiro atoms. The summed E-state index contributed by atoms with van der Waals surface area (Å²) in [5, 5.41) is 8.26. The highest BCUT2D eigenvalue weighted by molar-refractivity contribution is 7.14. The minimum Gasteiger partial charge on any atom is -0.301 e.